The minimum Gasteiger partial charge on any atom is -0.355 e. The molecule has 0 radical (unpaired) electrons. The first-order valence-electron chi connectivity index (χ1n) is 8.53. The summed E-state index contributed by atoms with van der Waals surface area (Å²) in [5, 5.41) is 3.21. The summed E-state index contributed by atoms with van der Waals surface area (Å²) in [6.45, 7) is 0.802. The zero-order valence-corrected chi connectivity index (χ0v) is 13.3. The first kappa shape index (κ1) is 14.7. The molecule has 0 heterocycles. The van der Waals surface area contributed by atoms with Gasteiger partial charge < -0.3 is 5.32 Å². The van der Waals surface area contributed by atoms with Gasteiger partial charge in [0.05, 0.1) is 0 Å². The van der Waals surface area contributed by atoms with Crippen LogP contribution in [0.4, 0.5) is 0 Å². The van der Waals surface area contributed by atoms with Crippen LogP contribution in [0.5, 0.6) is 0 Å². The van der Waals surface area contributed by atoms with Crippen LogP contribution in [0.15, 0.2) is 0 Å². The number of nitrogens with one attached hydrogen (secondary N) is 1. The standard InChI is InChI=1S/C17H28ClNO/c18-11-17(6-2-1-3-7-17)12-19-16(20)10-15-9-13-4-5-14(15)8-13/h13-15H,1-12H2,(H,19,20). The highest BCUT2D eigenvalue weighted by Gasteiger charge is 2.40. The van der Waals surface area contributed by atoms with E-state index in [-0.39, 0.29) is 11.3 Å². The van der Waals surface area contributed by atoms with E-state index in [1.165, 1.54) is 57.8 Å². The Hall–Kier alpha value is -0.240. The molecule has 20 heavy (non-hydrogen) atoms. The fourth-order valence-electron chi connectivity index (χ4n) is 4.88. The van der Waals surface area contributed by atoms with E-state index in [1.807, 2.05) is 0 Å². The lowest BCUT2D eigenvalue weighted by Gasteiger charge is -2.35. The Morgan fingerprint density at radius 3 is 2.55 bits per heavy atom. The lowest BCUT2D eigenvalue weighted by Crippen LogP contribution is -2.40. The van der Waals surface area contributed by atoms with Crippen LogP contribution in [0.2, 0.25) is 0 Å². The van der Waals surface area contributed by atoms with Crippen molar-refractivity contribution in [2.45, 2.75) is 64.2 Å². The summed E-state index contributed by atoms with van der Waals surface area (Å²) in [5.41, 5.74) is 0.185. The van der Waals surface area contributed by atoms with Crippen LogP contribution < -0.4 is 5.32 Å². The van der Waals surface area contributed by atoms with Gasteiger partial charge in [0.15, 0.2) is 0 Å². The lowest BCUT2D eigenvalue weighted by molar-refractivity contribution is -0.123. The molecule has 0 saturated heterocycles. The Labute approximate surface area is 128 Å². The highest BCUT2D eigenvalue weighted by molar-refractivity contribution is 6.18. The molecule has 3 atom stereocenters. The van der Waals surface area contributed by atoms with Gasteiger partial charge in [-0.05, 0) is 49.9 Å². The fraction of sp³-hybridized carbons (Fsp3) is 0.941. The molecule has 114 valence electrons. The minimum absolute atomic E-state index is 0.185. The molecule has 3 rings (SSSR count). The monoisotopic (exact) mass is 297 g/mol. The van der Waals surface area contributed by atoms with Crippen molar-refractivity contribution in [2.24, 2.45) is 23.2 Å². The van der Waals surface area contributed by atoms with Gasteiger partial charge in [-0.25, -0.2) is 0 Å². The topological polar surface area (TPSA) is 29.1 Å². The third-order valence-electron chi connectivity index (χ3n) is 6.19. The Morgan fingerprint density at radius 1 is 1.15 bits per heavy atom. The Balaban J connectivity index is 1.44. The number of fused-ring (bicyclic) bond motifs is 2. The largest absolute Gasteiger partial charge is 0.355 e. The molecule has 3 aliphatic rings. The van der Waals surface area contributed by atoms with Crippen LogP contribution in [0, 0.1) is 23.2 Å². The van der Waals surface area contributed by atoms with E-state index in [1.54, 1.807) is 0 Å². The number of alkyl halides is 1. The number of hydrogen-bond donors (Lipinski definition) is 1. The second-order valence-electron chi connectivity index (χ2n) is 7.61. The van der Waals surface area contributed by atoms with Gasteiger partial charge in [0, 0.05) is 24.3 Å². The molecule has 0 aliphatic heterocycles. The zero-order chi connectivity index (χ0) is 14.0. The smallest absolute Gasteiger partial charge is 0.220 e. The fourth-order valence-corrected chi connectivity index (χ4v) is 5.24. The van der Waals surface area contributed by atoms with Crippen LogP contribution in [0.3, 0.4) is 0 Å². The molecule has 2 nitrogen and oxygen atoms in total. The summed E-state index contributed by atoms with van der Waals surface area (Å²) in [6, 6.07) is 0. The third kappa shape index (κ3) is 3.16. The predicted molar refractivity (Wildman–Crippen MR) is 82.8 cm³/mol. The van der Waals surface area contributed by atoms with E-state index in [4.69, 9.17) is 11.6 Å². The number of amides is 1. The van der Waals surface area contributed by atoms with Crippen molar-refractivity contribution in [2.75, 3.05) is 12.4 Å². The summed E-state index contributed by atoms with van der Waals surface area (Å²) in [6.07, 6.45) is 12.5. The van der Waals surface area contributed by atoms with Crippen molar-refractivity contribution < 1.29 is 4.79 Å². The van der Waals surface area contributed by atoms with E-state index >= 15 is 0 Å². The lowest BCUT2D eigenvalue weighted by atomic mass is 9.75. The number of rotatable bonds is 5. The summed E-state index contributed by atoms with van der Waals surface area (Å²) in [5.74, 6) is 3.43. The summed E-state index contributed by atoms with van der Waals surface area (Å²) in [7, 11) is 0. The SMILES string of the molecule is O=C(CC1CC2CCC1C2)NCC1(CCl)CCCCC1. The van der Waals surface area contributed by atoms with Crippen molar-refractivity contribution in [1.29, 1.82) is 0 Å². The normalized spacial score (nSPS) is 35.1. The molecule has 3 saturated carbocycles. The molecule has 3 heteroatoms. The average Bonchev–Trinajstić information content (AvgIpc) is 3.09. The molecule has 1 N–H and O–H groups in total. The van der Waals surface area contributed by atoms with Gasteiger partial charge in [-0.1, -0.05) is 25.7 Å². The van der Waals surface area contributed by atoms with Crippen molar-refractivity contribution in [3.8, 4) is 0 Å². The van der Waals surface area contributed by atoms with Gasteiger partial charge >= 0.3 is 0 Å². The third-order valence-corrected chi connectivity index (χ3v) is 6.76. The molecule has 2 bridgehead atoms. The average molecular weight is 298 g/mol. The van der Waals surface area contributed by atoms with Crippen molar-refractivity contribution in [3.05, 3.63) is 0 Å². The molecule has 0 spiro atoms. The van der Waals surface area contributed by atoms with Crippen LogP contribution >= 0.6 is 11.6 Å². The van der Waals surface area contributed by atoms with Crippen molar-refractivity contribution >= 4 is 17.5 Å². The molecule has 0 aromatic heterocycles. The highest BCUT2D eigenvalue weighted by atomic mass is 35.5. The van der Waals surface area contributed by atoms with E-state index < -0.39 is 0 Å². The Bertz CT molecular complexity index is 351. The van der Waals surface area contributed by atoms with Crippen LogP contribution in [-0.4, -0.2) is 18.3 Å². The first-order valence-corrected chi connectivity index (χ1v) is 9.07. The van der Waals surface area contributed by atoms with Crippen molar-refractivity contribution in [3.63, 3.8) is 0 Å². The molecule has 0 aromatic rings. The second-order valence-corrected chi connectivity index (χ2v) is 7.88. The summed E-state index contributed by atoms with van der Waals surface area (Å²) >= 11 is 6.19. The van der Waals surface area contributed by atoms with Gasteiger partial charge in [-0.15, -0.1) is 11.6 Å². The van der Waals surface area contributed by atoms with Gasteiger partial charge in [0.2, 0.25) is 5.91 Å². The molecule has 0 aromatic carbocycles. The molecule has 3 aliphatic carbocycles. The number of hydrogen-bond acceptors (Lipinski definition) is 1. The molecule has 3 fully saturated rings. The maximum atomic E-state index is 12.2. The van der Waals surface area contributed by atoms with Gasteiger partial charge in [-0.2, -0.15) is 0 Å². The molecule has 3 unspecified atom stereocenters. The number of carbonyl (C=O) groups excluding carboxylic acids is 1. The van der Waals surface area contributed by atoms with E-state index in [0.717, 1.165) is 24.8 Å². The van der Waals surface area contributed by atoms with Crippen LogP contribution in [0.25, 0.3) is 0 Å². The van der Waals surface area contributed by atoms with Crippen LogP contribution in [-0.2, 0) is 4.79 Å². The molecular weight excluding hydrogens is 270 g/mol. The van der Waals surface area contributed by atoms with E-state index in [2.05, 4.69) is 5.32 Å². The maximum Gasteiger partial charge on any atom is 0.220 e. The highest BCUT2D eigenvalue weighted by Crippen LogP contribution is 2.49. The zero-order valence-electron chi connectivity index (χ0n) is 12.5. The Kier molecular flexibility index (Phi) is 4.59. The Morgan fingerprint density at radius 2 is 1.95 bits per heavy atom. The van der Waals surface area contributed by atoms with Gasteiger partial charge in [0.25, 0.3) is 0 Å². The first-order chi connectivity index (χ1) is 9.71. The molecular formula is C17H28ClNO. The number of carbonyl (C=O) groups is 1. The minimum atomic E-state index is 0.185. The van der Waals surface area contributed by atoms with E-state index in [0.29, 0.717) is 11.8 Å². The van der Waals surface area contributed by atoms with Crippen LogP contribution in [0.1, 0.15) is 64.2 Å². The van der Waals surface area contributed by atoms with E-state index in [9.17, 15) is 4.79 Å². The second kappa shape index (κ2) is 6.25. The van der Waals surface area contributed by atoms with Gasteiger partial charge in [0.1, 0.15) is 0 Å². The predicted octanol–water partition coefficient (Wildman–Crippen LogP) is 4.12. The summed E-state index contributed by atoms with van der Waals surface area (Å²) < 4.78 is 0. The molecule has 1 amide bonds. The maximum absolute atomic E-state index is 12.2. The van der Waals surface area contributed by atoms with Crippen molar-refractivity contribution in [1.82, 2.24) is 5.32 Å². The summed E-state index contributed by atoms with van der Waals surface area (Å²) in [4.78, 5) is 12.2. The number of halogens is 1. The quantitative estimate of drug-likeness (QED) is 0.760. The van der Waals surface area contributed by atoms with Gasteiger partial charge in [-0.3, -0.25) is 4.79 Å².